The van der Waals surface area contributed by atoms with Crippen molar-refractivity contribution in [3.8, 4) is 11.4 Å². The van der Waals surface area contributed by atoms with Gasteiger partial charge >= 0.3 is 0 Å². The Balaban J connectivity index is 1.51. The van der Waals surface area contributed by atoms with E-state index in [1.165, 1.54) is 6.07 Å². The number of halogens is 3. The number of nitrogens with one attached hydrogen (secondary N) is 2. The summed E-state index contributed by atoms with van der Waals surface area (Å²) in [6, 6.07) is 10.5. The highest BCUT2D eigenvalue weighted by atomic mass is 35.5. The Morgan fingerprint density at radius 2 is 2.04 bits per heavy atom. The van der Waals surface area contributed by atoms with Gasteiger partial charge in [-0.1, -0.05) is 28.9 Å². The van der Waals surface area contributed by atoms with Gasteiger partial charge in [0, 0.05) is 24.2 Å². The maximum Gasteiger partial charge on any atom is 0.246 e. The minimum Gasteiger partial charge on any atom is -0.356 e. The third kappa shape index (κ3) is 5.26. The van der Waals surface area contributed by atoms with E-state index in [2.05, 4.69) is 25.8 Å². The zero-order chi connectivity index (χ0) is 19.9. The molecule has 9 heteroatoms. The first-order chi connectivity index (χ1) is 13.5. The molecule has 0 unspecified atom stereocenters. The van der Waals surface area contributed by atoms with Crippen LogP contribution in [-0.4, -0.2) is 29.7 Å². The summed E-state index contributed by atoms with van der Waals surface area (Å²) >= 11 is 5.97. The second kappa shape index (κ2) is 9.27. The van der Waals surface area contributed by atoms with Crippen LogP contribution in [0.15, 0.2) is 52.0 Å². The van der Waals surface area contributed by atoms with Crippen molar-refractivity contribution in [2.75, 3.05) is 13.6 Å². The molecule has 1 heterocycles. The Bertz CT molecular complexity index is 976. The van der Waals surface area contributed by atoms with E-state index in [9.17, 15) is 8.78 Å². The van der Waals surface area contributed by atoms with E-state index < -0.39 is 11.6 Å². The highest BCUT2D eigenvalue weighted by molar-refractivity contribution is 6.30. The molecular weight excluding hydrogens is 388 g/mol. The second-order valence-corrected chi connectivity index (χ2v) is 6.30. The van der Waals surface area contributed by atoms with E-state index in [0.717, 1.165) is 17.7 Å². The van der Waals surface area contributed by atoms with Crippen LogP contribution < -0.4 is 10.6 Å². The van der Waals surface area contributed by atoms with Gasteiger partial charge in [-0.2, -0.15) is 4.98 Å². The molecule has 0 saturated heterocycles. The number of aliphatic imine (C=N–C) groups is 1. The number of guanidine groups is 1. The first kappa shape index (κ1) is 19.8. The van der Waals surface area contributed by atoms with E-state index in [0.29, 0.717) is 41.2 Å². The topological polar surface area (TPSA) is 75.3 Å². The first-order valence-corrected chi connectivity index (χ1v) is 8.90. The van der Waals surface area contributed by atoms with Crippen LogP contribution in [0.5, 0.6) is 0 Å². The average molecular weight is 406 g/mol. The Labute approximate surface area is 165 Å². The SMILES string of the molecule is CN=C(NCCc1cc(F)ccc1F)NCc1nc(-c2cccc(Cl)c2)no1. The molecule has 0 aliphatic heterocycles. The van der Waals surface area contributed by atoms with Gasteiger partial charge in [-0.05, 0) is 42.3 Å². The quantitative estimate of drug-likeness (QED) is 0.484. The Morgan fingerprint density at radius 3 is 2.82 bits per heavy atom. The number of hydrogen-bond donors (Lipinski definition) is 2. The third-order valence-electron chi connectivity index (χ3n) is 3.88. The molecular formula is C19H18ClF2N5O. The lowest BCUT2D eigenvalue weighted by Gasteiger charge is -2.10. The smallest absolute Gasteiger partial charge is 0.246 e. The van der Waals surface area contributed by atoms with Crippen LogP contribution in [0.2, 0.25) is 5.02 Å². The van der Waals surface area contributed by atoms with Crippen molar-refractivity contribution < 1.29 is 13.3 Å². The fourth-order valence-corrected chi connectivity index (χ4v) is 2.69. The van der Waals surface area contributed by atoms with Gasteiger partial charge in [0.2, 0.25) is 11.7 Å². The molecule has 28 heavy (non-hydrogen) atoms. The molecule has 0 atom stereocenters. The van der Waals surface area contributed by atoms with Crippen molar-refractivity contribution in [3.05, 3.63) is 70.6 Å². The maximum absolute atomic E-state index is 13.6. The summed E-state index contributed by atoms with van der Waals surface area (Å²) in [5.41, 5.74) is 1.05. The molecule has 1 aromatic heterocycles. The van der Waals surface area contributed by atoms with Crippen molar-refractivity contribution in [1.29, 1.82) is 0 Å². The van der Waals surface area contributed by atoms with E-state index in [1.54, 1.807) is 25.2 Å². The predicted octanol–water partition coefficient (Wildman–Crippen LogP) is 3.58. The number of rotatable bonds is 6. The lowest BCUT2D eigenvalue weighted by Crippen LogP contribution is -2.38. The molecule has 2 aromatic carbocycles. The third-order valence-corrected chi connectivity index (χ3v) is 4.11. The van der Waals surface area contributed by atoms with Crippen molar-refractivity contribution in [3.63, 3.8) is 0 Å². The highest BCUT2D eigenvalue weighted by Crippen LogP contribution is 2.19. The van der Waals surface area contributed by atoms with Gasteiger partial charge < -0.3 is 15.2 Å². The van der Waals surface area contributed by atoms with Crippen LogP contribution in [0.4, 0.5) is 8.78 Å². The predicted molar refractivity (Wildman–Crippen MR) is 103 cm³/mol. The van der Waals surface area contributed by atoms with Crippen molar-refractivity contribution in [2.45, 2.75) is 13.0 Å². The molecule has 0 radical (unpaired) electrons. The fraction of sp³-hybridized carbons (Fsp3) is 0.211. The summed E-state index contributed by atoms with van der Waals surface area (Å²) in [6.45, 7) is 0.624. The summed E-state index contributed by atoms with van der Waals surface area (Å²) < 4.78 is 32.1. The molecule has 0 aliphatic rings. The largest absolute Gasteiger partial charge is 0.356 e. The Kier molecular flexibility index (Phi) is 6.54. The minimum absolute atomic E-state index is 0.252. The van der Waals surface area contributed by atoms with E-state index in [4.69, 9.17) is 16.1 Å². The fourth-order valence-electron chi connectivity index (χ4n) is 2.50. The van der Waals surface area contributed by atoms with Gasteiger partial charge in [-0.3, -0.25) is 4.99 Å². The molecule has 3 rings (SSSR count). The molecule has 0 bridgehead atoms. The van der Waals surface area contributed by atoms with Crippen LogP contribution in [-0.2, 0) is 13.0 Å². The highest BCUT2D eigenvalue weighted by Gasteiger charge is 2.10. The van der Waals surface area contributed by atoms with Crippen LogP contribution in [0.1, 0.15) is 11.5 Å². The molecule has 0 amide bonds. The van der Waals surface area contributed by atoms with Gasteiger partial charge in [-0.25, -0.2) is 8.78 Å². The van der Waals surface area contributed by atoms with Gasteiger partial charge in [-0.15, -0.1) is 0 Å². The van der Waals surface area contributed by atoms with Crippen LogP contribution in [0, 0.1) is 11.6 Å². The molecule has 0 saturated carbocycles. The van der Waals surface area contributed by atoms with E-state index in [1.807, 2.05) is 6.07 Å². The number of nitrogens with zero attached hydrogens (tertiary/aromatic N) is 3. The molecule has 0 aliphatic carbocycles. The molecule has 3 aromatic rings. The van der Waals surface area contributed by atoms with Crippen LogP contribution in [0.25, 0.3) is 11.4 Å². The van der Waals surface area contributed by atoms with Gasteiger partial charge in [0.25, 0.3) is 0 Å². The van der Waals surface area contributed by atoms with Crippen LogP contribution in [0.3, 0.4) is 0 Å². The Hall–Kier alpha value is -3.00. The lowest BCUT2D eigenvalue weighted by atomic mass is 10.1. The minimum atomic E-state index is -0.467. The van der Waals surface area contributed by atoms with Crippen molar-refractivity contribution >= 4 is 17.6 Å². The van der Waals surface area contributed by atoms with Gasteiger partial charge in [0.05, 0.1) is 6.54 Å². The van der Waals surface area contributed by atoms with E-state index >= 15 is 0 Å². The number of aromatic nitrogens is 2. The molecule has 146 valence electrons. The summed E-state index contributed by atoms with van der Waals surface area (Å²) in [4.78, 5) is 8.37. The summed E-state index contributed by atoms with van der Waals surface area (Å²) in [5.74, 6) is 0.369. The van der Waals surface area contributed by atoms with Gasteiger partial charge in [0.1, 0.15) is 11.6 Å². The number of hydrogen-bond acceptors (Lipinski definition) is 4. The molecule has 6 nitrogen and oxygen atoms in total. The Morgan fingerprint density at radius 1 is 1.18 bits per heavy atom. The summed E-state index contributed by atoms with van der Waals surface area (Å²) in [7, 11) is 1.60. The molecule has 0 fully saturated rings. The summed E-state index contributed by atoms with van der Waals surface area (Å²) in [5, 5.41) is 10.6. The first-order valence-electron chi connectivity index (χ1n) is 8.52. The average Bonchev–Trinajstić information content (AvgIpc) is 3.16. The summed E-state index contributed by atoms with van der Waals surface area (Å²) in [6.07, 6.45) is 0.309. The zero-order valence-electron chi connectivity index (χ0n) is 15.0. The monoisotopic (exact) mass is 405 g/mol. The van der Waals surface area contributed by atoms with Crippen LogP contribution >= 0.6 is 11.6 Å². The maximum atomic E-state index is 13.6. The molecule has 0 spiro atoms. The van der Waals surface area contributed by atoms with E-state index in [-0.39, 0.29) is 6.54 Å². The number of benzene rings is 2. The molecule has 2 N–H and O–H groups in total. The standard InChI is InChI=1S/C19H18ClF2N5O/c1-23-19(24-8-7-12-10-15(21)5-6-16(12)22)25-11-17-26-18(27-28-17)13-3-2-4-14(20)9-13/h2-6,9-10H,7-8,11H2,1H3,(H2,23,24,25). The zero-order valence-corrected chi connectivity index (χ0v) is 15.8. The normalized spacial score (nSPS) is 11.5. The lowest BCUT2D eigenvalue weighted by molar-refractivity contribution is 0.375. The van der Waals surface area contributed by atoms with Crippen molar-refractivity contribution in [2.24, 2.45) is 4.99 Å². The van der Waals surface area contributed by atoms with Gasteiger partial charge in [0.15, 0.2) is 5.96 Å². The van der Waals surface area contributed by atoms with Crippen molar-refractivity contribution in [1.82, 2.24) is 20.8 Å². The second-order valence-electron chi connectivity index (χ2n) is 5.86.